The molecule has 12 heavy (non-hydrogen) atoms. The zero-order valence-corrected chi connectivity index (χ0v) is 7.49. The molecule has 5 N–H and O–H groups in total. The first kappa shape index (κ1) is 11.2. The lowest BCUT2D eigenvalue weighted by Crippen LogP contribution is -2.41. The van der Waals surface area contributed by atoms with Crippen molar-refractivity contribution in [3.05, 3.63) is 0 Å². The number of nitrogens with zero attached hydrogens (tertiary/aromatic N) is 1. The zero-order valence-electron chi connectivity index (χ0n) is 7.49. The Bertz CT molecular complexity index is 148. The maximum Gasteiger partial charge on any atom is 0.153 e. The third-order valence-corrected chi connectivity index (χ3v) is 1.68. The number of nitrogens with one attached hydrogen (secondary N) is 1. The first-order chi connectivity index (χ1) is 5.61. The van der Waals surface area contributed by atoms with Crippen molar-refractivity contribution in [2.24, 2.45) is 16.8 Å². The Morgan fingerprint density at radius 3 is 2.50 bits per heavy atom. The summed E-state index contributed by atoms with van der Waals surface area (Å²) in [5.41, 5.74) is 5.23. The number of hydrogen-bond acceptors (Lipinski definition) is 4. The van der Waals surface area contributed by atoms with Crippen molar-refractivity contribution in [1.82, 2.24) is 5.32 Å². The topological polar surface area (TPSA) is 90.9 Å². The monoisotopic (exact) mass is 175 g/mol. The quantitative estimate of drug-likeness (QED) is 0.193. The third-order valence-electron chi connectivity index (χ3n) is 1.68. The van der Waals surface area contributed by atoms with Gasteiger partial charge in [0, 0.05) is 6.04 Å². The van der Waals surface area contributed by atoms with Crippen LogP contribution in [0, 0.1) is 5.92 Å². The van der Waals surface area contributed by atoms with Gasteiger partial charge >= 0.3 is 0 Å². The van der Waals surface area contributed by atoms with E-state index in [1.54, 1.807) is 0 Å². The Balaban J connectivity index is 3.73. The van der Waals surface area contributed by atoms with Gasteiger partial charge in [-0.1, -0.05) is 19.0 Å². The molecule has 5 nitrogen and oxygen atoms in total. The normalized spacial score (nSPS) is 15.2. The smallest absolute Gasteiger partial charge is 0.153 e. The number of amidine groups is 1. The minimum Gasteiger partial charge on any atom is -0.409 e. The van der Waals surface area contributed by atoms with E-state index >= 15 is 0 Å². The van der Waals surface area contributed by atoms with E-state index in [0.29, 0.717) is 12.5 Å². The van der Waals surface area contributed by atoms with Crippen molar-refractivity contribution in [3.8, 4) is 0 Å². The summed E-state index contributed by atoms with van der Waals surface area (Å²) in [6, 6.07) is -0.00898. The van der Waals surface area contributed by atoms with Crippen molar-refractivity contribution in [2.75, 3.05) is 13.2 Å². The first-order valence-corrected chi connectivity index (χ1v) is 3.92. The maximum atomic E-state index is 8.88. The van der Waals surface area contributed by atoms with Gasteiger partial charge in [-0.2, -0.15) is 0 Å². The van der Waals surface area contributed by atoms with Crippen LogP contribution in [-0.4, -0.2) is 35.3 Å². The molecule has 0 saturated heterocycles. The first-order valence-electron chi connectivity index (χ1n) is 3.92. The van der Waals surface area contributed by atoms with Crippen LogP contribution in [0.5, 0.6) is 0 Å². The molecule has 0 saturated carbocycles. The molecule has 0 aliphatic rings. The number of aliphatic hydroxyl groups excluding tert-OH is 1. The Morgan fingerprint density at radius 1 is 1.58 bits per heavy atom. The maximum absolute atomic E-state index is 8.88. The molecule has 0 amide bonds. The summed E-state index contributed by atoms with van der Waals surface area (Å²) >= 11 is 0. The number of rotatable bonds is 5. The summed E-state index contributed by atoms with van der Waals surface area (Å²) in [7, 11) is 0. The fourth-order valence-electron chi connectivity index (χ4n) is 0.782. The molecule has 0 rings (SSSR count). The molecule has 0 aromatic carbocycles. The van der Waals surface area contributed by atoms with E-state index in [4.69, 9.17) is 16.0 Å². The number of aliphatic hydroxyl groups is 1. The molecule has 1 atom stereocenters. The van der Waals surface area contributed by atoms with E-state index in [1.165, 1.54) is 0 Å². The Kier molecular flexibility index (Phi) is 5.40. The van der Waals surface area contributed by atoms with Crippen LogP contribution in [-0.2, 0) is 0 Å². The highest BCUT2D eigenvalue weighted by Crippen LogP contribution is 1.99. The highest BCUT2D eigenvalue weighted by atomic mass is 16.4. The average molecular weight is 175 g/mol. The van der Waals surface area contributed by atoms with Gasteiger partial charge in [-0.3, -0.25) is 0 Å². The molecule has 0 aromatic heterocycles. The molecule has 0 radical (unpaired) electrons. The van der Waals surface area contributed by atoms with E-state index in [2.05, 4.69) is 10.5 Å². The molecule has 5 heteroatoms. The number of oxime groups is 1. The Morgan fingerprint density at radius 2 is 2.17 bits per heavy atom. The zero-order chi connectivity index (χ0) is 9.56. The van der Waals surface area contributed by atoms with Crippen molar-refractivity contribution < 1.29 is 10.3 Å². The van der Waals surface area contributed by atoms with E-state index in [9.17, 15) is 0 Å². The highest BCUT2D eigenvalue weighted by Gasteiger charge is 2.10. The summed E-state index contributed by atoms with van der Waals surface area (Å²) in [5, 5.41) is 22.9. The van der Waals surface area contributed by atoms with Gasteiger partial charge in [0.25, 0.3) is 0 Å². The van der Waals surface area contributed by atoms with Crippen molar-refractivity contribution >= 4 is 5.84 Å². The second-order valence-electron chi connectivity index (χ2n) is 3.01. The van der Waals surface area contributed by atoms with E-state index in [0.717, 1.165) is 0 Å². The molecule has 0 aromatic rings. The minimum atomic E-state index is -0.00898. The largest absolute Gasteiger partial charge is 0.409 e. The van der Waals surface area contributed by atoms with Gasteiger partial charge in [0.2, 0.25) is 0 Å². The lowest BCUT2D eigenvalue weighted by atomic mass is 10.1. The van der Waals surface area contributed by atoms with Gasteiger partial charge in [-0.05, 0) is 5.92 Å². The predicted octanol–water partition coefficient (Wildman–Crippen LogP) is -0.661. The van der Waals surface area contributed by atoms with E-state index in [1.807, 2.05) is 13.8 Å². The van der Waals surface area contributed by atoms with Crippen molar-refractivity contribution in [3.63, 3.8) is 0 Å². The molecule has 0 fully saturated rings. The lowest BCUT2D eigenvalue weighted by molar-refractivity contribution is 0.215. The molecule has 0 aliphatic heterocycles. The van der Waals surface area contributed by atoms with Gasteiger partial charge in [0.15, 0.2) is 5.84 Å². The van der Waals surface area contributed by atoms with Gasteiger partial charge in [-0.25, -0.2) is 0 Å². The molecule has 0 bridgehead atoms. The highest BCUT2D eigenvalue weighted by molar-refractivity contribution is 5.81. The summed E-state index contributed by atoms with van der Waals surface area (Å²) in [6.45, 7) is 4.32. The summed E-state index contributed by atoms with van der Waals surface area (Å²) < 4.78 is 0. The summed E-state index contributed by atoms with van der Waals surface area (Å²) in [4.78, 5) is 0. The molecule has 0 spiro atoms. The Hall–Kier alpha value is -0.810. The van der Waals surface area contributed by atoms with Gasteiger partial charge in [0.05, 0.1) is 13.2 Å². The second-order valence-corrected chi connectivity index (χ2v) is 3.01. The number of hydrogen-bond donors (Lipinski definition) is 4. The molecule has 0 aliphatic carbocycles. The van der Waals surface area contributed by atoms with Gasteiger partial charge in [-0.15, -0.1) is 0 Å². The van der Waals surface area contributed by atoms with Crippen LogP contribution in [0.15, 0.2) is 5.16 Å². The van der Waals surface area contributed by atoms with Crippen LogP contribution in [0.4, 0.5) is 0 Å². The van der Waals surface area contributed by atoms with Crippen LogP contribution in [0.3, 0.4) is 0 Å². The molecule has 1 unspecified atom stereocenters. The predicted molar refractivity (Wildman–Crippen MR) is 47.1 cm³/mol. The van der Waals surface area contributed by atoms with E-state index in [-0.39, 0.29) is 18.5 Å². The third kappa shape index (κ3) is 4.15. The second kappa shape index (κ2) is 5.79. The van der Waals surface area contributed by atoms with Crippen molar-refractivity contribution in [2.45, 2.75) is 19.9 Å². The van der Waals surface area contributed by atoms with Crippen LogP contribution in [0.2, 0.25) is 0 Å². The summed E-state index contributed by atoms with van der Waals surface area (Å²) in [5.74, 6) is 0.440. The van der Waals surface area contributed by atoms with Gasteiger partial charge < -0.3 is 21.4 Å². The molecule has 72 valence electrons. The van der Waals surface area contributed by atoms with Crippen LogP contribution < -0.4 is 11.1 Å². The molecular formula is C7H17N3O2. The average Bonchev–Trinajstić information content (AvgIpc) is 2.04. The molecular weight excluding hydrogens is 158 g/mol. The minimum absolute atomic E-state index is 0.00898. The van der Waals surface area contributed by atoms with E-state index < -0.39 is 0 Å². The van der Waals surface area contributed by atoms with Gasteiger partial charge in [0.1, 0.15) is 0 Å². The standard InChI is InChI=1S/C7H17N3O2/c1-5(2)6(4-11)9-3-7(8)10-12/h5-6,9,11-12H,3-4H2,1-2H3,(H2,8,10). The number of nitrogens with two attached hydrogens (primary N) is 1. The SMILES string of the molecule is CC(C)C(CO)NCC(N)=NO. The summed E-state index contributed by atoms with van der Waals surface area (Å²) in [6.07, 6.45) is 0. The van der Waals surface area contributed by atoms with Crippen molar-refractivity contribution in [1.29, 1.82) is 0 Å². The lowest BCUT2D eigenvalue weighted by Gasteiger charge is -2.19. The fourth-order valence-corrected chi connectivity index (χ4v) is 0.782. The van der Waals surface area contributed by atoms with Crippen LogP contribution in [0.25, 0.3) is 0 Å². The molecule has 0 heterocycles. The van der Waals surface area contributed by atoms with Crippen LogP contribution >= 0.6 is 0 Å². The fraction of sp³-hybridized carbons (Fsp3) is 0.857. The Labute approximate surface area is 72.3 Å². The van der Waals surface area contributed by atoms with Crippen LogP contribution in [0.1, 0.15) is 13.8 Å².